The largest absolute Gasteiger partial charge is 0.465 e. The number of nitrogens with one attached hydrogen (secondary N) is 2. The molecule has 2 amide bonds. The lowest BCUT2D eigenvalue weighted by molar-refractivity contribution is -0.137. The fourth-order valence-electron chi connectivity index (χ4n) is 2.79. The number of pyridine rings is 1. The number of nitrogens with zero attached hydrogens (tertiary/aromatic N) is 1. The van der Waals surface area contributed by atoms with Gasteiger partial charge in [-0.3, -0.25) is 9.78 Å². The van der Waals surface area contributed by atoms with Gasteiger partial charge in [0.1, 0.15) is 6.04 Å². The van der Waals surface area contributed by atoms with Gasteiger partial charge in [0.15, 0.2) is 0 Å². The maximum absolute atomic E-state index is 12.7. The number of rotatable bonds is 5. The summed E-state index contributed by atoms with van der Waals surface area (Å²) in [7, 11) is 0. The highest BCUT2D eigenvalue weighted by atomic mass is 19.4. The molecule has 1 aromatic heterocycles. The van der Waals surface area contributed by atoms with Crippen molar-refractivity contribution in [3.05, 3.63) is 71.9 Å². The molecule has 2 aromatic carbocycles. The number of aromatic nitrogens is 1. The second-order valence-corrected chi connectivity index (χ2v) is 6.31. The number of anilines is 1. The highest BCUT2D eigenvalue weighted by molar-refractivity contribution is 5.97. The summed E-state index contributed by atoms with van der Waals surface area (Å²) in [6.07, 6.45) is -4.57. The van der Waals surface area contributed by atoms with Crippen molar-refractivity contribution in [2.24, 2.45) is 0 Å². The number of carbonyl (C=O) groups excluding carboxylic acids is 1. The Balaban J connectivity index is 1.76. The Hall–Kier alpha value is -3.62. The first kappa shape index (κ1) is 20.1. The summed E-state index contributed by atoms with van der Waals surface area (Å²) >= 11 is 0. The molecule has 0 fully saturated rings. The normalized spacial score (nSPS) is 12.4. The fourth-order valence-corrected chi connectivity index (χ4v) is 2.79. The van der Waals surface area contributed by atoms with Crippen molar-refractivity contribution in [2.75, 3.05) is 5.32 Å². The number of carbonyl (C=O) groups is 2. The van der Waals surface area contributed by atoms with Gasteiger partial charge in [-0.2, -0.15) is 13.2 Å². The Morgan fingerprint density at radius 1 is 1.07 bits per heavy atom. The zero-order valence-electron chi connectivity index (χ0n) is 14.9. The van der Waals surface area contributed by atoms with Crippen molar-refractivity contribution in [1.82, 2.24) is 10.3 Å². The van der Waals surface area contributed by atoms with Crippen LogP contribution in [0.15, 0.2) is 60.8 Å². The summed E-state index contributed by atoms with van der Waals surface area (Å²) in [4.78, 5) is 27.8. The average molecular weight is 403 g/mol. The van der Waals surface area contributed by atoms with Crippen LogP contribution in [0, 0.1) is 0 Å². The molecule has 29 heavy (non-hydrogen) atoms. The molecule has 150 valence electrons. The van der Waals surface area contributed by atoms with Crippen molar-refractivity contribution in [1.29, 1.82) is 0 Å². The number of benzene rings is 2. The number of para-hydroxylation sites is 1. The Morgan fingerprint density at radius 2 is 1.76 bits per heavy atom. The van der Waals surface area contributed by atoms with Crippen LogP contribution in [0.1, 0.15) is 11.1 Å². The van der Waals surface area contributed by atoms with E-state index in [1.165, 1.54) is 18.3 Å². The van der Waals surface area contributed by atoms with Crippen molar-refractivity contribution in [2.45, 2.75) is 18.6 Å². The van der Waals surface area contributed by atoms with Crippen LogP contribution in [0.4, 0.5) is 23.7 Å². The van der Waals surface area contributed by atoms with Gasteiger partial charge in [0.2, 0.25) is 5.91 Å². The SMILES string of the molecule is O=C(O)N[C@H](Cc1ccc(C(F)(F)F)cc1)C(=O)Nc1cnc2ccccc2c1. The van der Waals surface area contributed by atoms with Crippen molar-refractivity contribution >= 4 is 28.6 Å². The first-order valence-electron chi connectivity index (χ1n) is 8.53. The summed E-state index contributed by atoms with van der Waals surface area (Å²) in [6.45, 7) is 0. The molecule has 3 rings (SSSR count). The van der Waals surface area contributed by atoms with Gasteiger partial charge < -0.3 is 15.7 Å². The second-order valence-electron chi connectivity index (χ2n) is 6.31. The molecule has 0 aliphatic heterocycles. The molecular formula is C20H16F3N3O3. The highest BCUT2D eigenvalue weighted by Gasteiger charge is 2.30. The Kier molecular flexibility index (Phi) is 5.67. The van der Waals surface area contributed by atoms with E-state index in [1.807, 2.05) is 18.2 Å². The summed E-state index contributed by atoms with van der Waals surface area (Å²) in [5, 5.41) is 14.5. The minimum Gasteiger partial charge on any atom is -0.465 e. The molecule has 0 saturated carbocycles. The lowest BCUT2D eigenvalue weighted by Gasteiger charge is -2.17. The average Bonchev–Trinajstić information content (AvgIpc) is 2.66. The molecule has 0 bridgehead atoms. The van der Waals surface area contributed by atoms with E-state index >= 15 is 0 Å². The Morgan fingerprint density at radius 3 is 2.41 bits per heavy atom. The predicted octanol–water partition coefficient (Wildman–Crippen LogP) is 4.07. The first-order valence-corrected chi connectivity index (χ1v) is 8.53. The molecule has 0 radical (unpaired) electrons. The molecule has 9 heteroatoms. The topological polar surface area (TPSA) is 91.3 Å². The first-order chi connectivity index (χ1) is 13.7. The Bertz CT molecular complexity index is 1040. The van der Waals surface area contributed by atoms with Gasteiger partial charge in [0.25, 0.3) is 0 Å². The molecule has 6 nitrogen and oxygen atoms in total. The quantitative estimate of drug-likeness (QED) is 0.599. The number of carboxylic acid groups (broad SMARTS) is 1. The van der Waals surface area contributed by atoms with Gasteiger partial charge >= 0.3 is 12.3 Å². The van der Waals surface area contributed by atoms with Gasteiger partial charge in [-0.05, 0) is 29.8 Å². The van der Waals surface area contributed by atoms with Gasteiger partial charge in [0.05, 0.1) is 23.0 Å². The van der Waals surface area contributed by atoms with E-state index in [0.29, 0.717) is 11.3 Å². The number of hydrogen-bond donors (Lipinski definition) is 3. The number of alkyl halides is 3. The van der Waals surface area contributed by atoms with E-state index in [1.54, 1.807) is 12.1 Å². The van der Waals surface area contributed by atoms with E-state index < -0.39 is 29.8 Å². The third-order valence-corrected chi connectivity index (χ3v) is 4.19. The third kappa shape index (κ3) is 5.22. The minimum atomic E-state index is -4.47. The highest BCUT2D eigenvalue weighted by Crippen LogP contribution is 2.29. The van der Waals surface area contributed by atoms with Crippen LogP contribution in [0.2, 0.25) is 0 Å². The molecule has 0 aliphatic carbocycles. The summed E-state index contributed by atoms with van der Waals surface area (Å²) in [5.74, 6) is -0.649. The van der Waals surface area contributed by atoms with Crippen LogP contribution in [-0.4, -0.2) is 28.1 Å². The number of amides is 2. The zero-order chi connectivity index (χ0) is 21.0. The van der Waals surface area contributed by atoms with E-state index in [2.05, 4.69) is 15.6 Å². The van der Waals surface area contributed by atoms with Crippen molar-refractivity contribution in [3.63, 3.8) is 0 Å². The monoisotopic (exact) mass is 403 g/mol. The third-order valence-electron chi connectivity index (χ3n) is 4.19. The lowest BCUT2D eigenvalue weighted by Crippen LogP contribution is -2.44. The van der Waals surface area contributed by atoms with Crippen LogP contribution in [0.5, 0.6) is 0 Å². The number of fused-ring (bicyclic) bond motifs is 1. The Labute approximate surface area is 163 Å². The molecule has 0 aliphatic rings. The lowest BCUT2D eigenvalue weighted by atomic mass is 10.0. The van der Waals surface area contributed by atoms with Gasteiger partial charge in [0, 0.05) is 11.8 Å². The molecule has 3 aromatic rings. The standard InChI is InChI=1S/C20H16F3N3O3/c21-20(22,23)14-7-5-12(6-8-14)9-17(26-19(28)29)18(27)25-15-10-13-3-1-2-4-16(13)24-11-15/h1-8,10-11,17,26H,9H2,(H,25,27)(H,28,29)/t17-/m1/s1. The van der Waals surface area contributed by atoms with E-state index in [0.717, 1.165) is 23.0 Å². The number of halogens is 3. The van der Waals surface area contributed by atoms with Gasteiger partial charge in [-0.1, -0.05) is 30.3 Å². The summed E-state index contributed by atoms with van der Waals surface area (Å²) < 4.78 is 38.0. The summed E-state index contributed by atoms with van der Waals surface area (Å²) in [6, 6.07) is 11.9. The van der Waals surface area contributed by atoms with Crippen LogP contribution in [-0.2, 0) is 17.4 Å². The maximum atomic E-state index is 12.7. The summed E-state index contributed by atoms with van der Waals surface area (Å²) in [5.41, 5.74) is 0.660. The second kappa shape index (κ2) is 8.17. The molecule has 0 saturated heterocycles. The fraction of sp³-hybridized carbons (Fsp3) is 0.150. The molecular weight excluding hydrogens is 387 g/mol. The van der Waals surface area contributed by atoms with Crippen LogP contribution >= 0.6 is 0 Å². The number of hydrogen-bond acceptors (Lipinski definition) is 3. The molecule has 1 atom stereocenters. The van der Waals surface area contributed by atoms with Gasteiger partial charge in [-0.25, -0.2) is 4.79 Å². The molecule has 1 heterocycles. The van der Waals surface area contributed by atoms with Crippen molar-refractivity contribution < 1.29 is 27.9 Å². The van der Waals surface area contributed by atoms with E-state index in [4.69, 9.17) is 5.11 Å². The molecule has 3 N–H and O–H groups in total. The maximum Gasteiger partial charge on any atom is 0.416 e. The smallest absolute Gasteiger partial charge is 0.416 e. The zero-order valence-corrected chi connectivity index (χ0v) is 14.9. The van der Waals surface area contributed by atoms with E-state index in [-0.39, 0.29) is 6.42 Å². The van der Waals surface area contributed by atoms with Crippen molar-refractivity contribution in [3.8, 4) is 0 Å². The molecule has 0 spiro atoms. The van der Waals surface area contributed by atoms with Crippen LogP contribution < -0.4 is 10.6 Å². The minimum absolute atomic E-state index is 0.114. The molecule has 0 unspecified atom stereocenters. The van der Waals surface area contributed by atoms with Crippen LogP contribution in [0.3, 0.4) is 0 Å². The van der Waals surface area contributed by atoms with E-state index in [9.17, 15) is 22.8 Å². The van der Waals surface area contributed by atoms with Crippen LogP contribution in [0.25, 0.3) is 10.9 Å². The van der Waals surface area contributed by atoms with Gasteiger partial charge in [-0.15, -0.1) is 0 Å². The predicted molar refractivity (Wildman–Crippen MR) is 100 cm³/mol.